The van der Waals surface area contributed by atoms with Gasteiger partial charge in [-0.3, -0.25) is 14.1 Å². The van der Waals surface area contributed by atoms with Crippen LogP contribution in [0.5, 0.6) is 0 Å². The van der Waals surface area contributed by atoms with Gasteiger partial charge in [-0.2, -0.15) is 13.0 Å². The van der Waals surface area contributed by atoms with Crippen molar-refractivity contribution in [2.75, 3.05) is 12.3 Å². The molecule has 40 heavy (non-hydrogen) atoms. The molecule has 0 bridgehead atoms. The maximum absolute atomic E-state index is 14.3. The third-order valence-electron chi connectivity index (χ3n) is 6.57. The first kappa shape index (κ1) is 29.1. The first-order valence-electron chi connectivity index (χ1n) is 12.5. The number of nitrogens with zero attached hydrogens (tertiary/aromatic N) is 2. The molecule has 0 saturated heterocycles. The molecule has 0 fully saturated rings. The van der Waals surface area contributed by atoms with Crippen LogP contribution in [0.2, 0.25) is 0 Å². The van der Waals surface area contributed by atoms with E-state index in [1.807, 2.05) is 4.57 Å². The molecule has 1 heterocycles. The number of rotatable bonds is 11. The minimum absolute atomic E-state index is 0.0523. The fourth-order valence-corrected chi connectivity index (χ4v) is 6.92. The van der Waals surface area contributed by atoms with Crippen molar-refractivity contribution in [2.45, 2.75) is 37.6 Å². The van der Waals surface area contributed by atoms with Gasteiger partial charge in [0.25, 0.3) is 26.0 Å². The fraction of sp³-hybridized carbons (Fsp3) is 0.250. The van der Waals surface area contributed by atoms with Crippen LogP contribution < -0.4 is 4.57 Å². The lowest BCUT2D eigenvalue weighted by molar-refractivity contribution is -0.645. The highest BCUT2D eigenvalue weighted by Crippen LogP contribution is 2.29. The van der Waals surface area contributed by atoms with Crippen molar-refractivity contribution in [3.63, 3.8) is 0 Å². The summed E-state index contributed by atoms with van der Waals surface area (Å²) < 4.78 is 62.2. The second-order valence-corrected chi connectivity index (χ2v) is 12.7. The van der Waals surface area contributed by atoms with Crippen LogP contribution in [0.4, 0.5) is 0 Å². The van der Waals surface area contributed by atoms with E-state index in [-0.39, 0.29) is 42.8 Å². The first-order chi connectivity index (χ1) is 18.9. The molecular formula is C28H29N2O8S2+. The van der Waals surface area contributed by atoms with Crippen LogP contribution in [-0.2, 0) is 31.5 Å². The third kappa shape index (κ3) is 6.14. The predicted octanol–water partition coefficient (Wildman–Crippen LogP) is 3.56. The number of aryl methyl sites for hydroxylation is 2. The quantitative estimate of drug-likeness (QED) is 0.154. The fourth-order valence-electron chi connectivity index (χ4n) is 4.79. The number of benzene rings is 3. The number of carboxylic acid groups (broad SMARTS) is 1. The number of fused-ring (bicyclic) bond motifs is 2. The summed E-state index contributed by atoms with van der Waals surface area (Å²) >= 11 is 0. The van der Waals surface area contributed by atoms with Gasteiger partial charge >= 0.3 is 5.97 Å². The van der Waals surface area contributed by atoms with Crippen molar-refractivity contribution in [3.05, 3.63) is 83.9 Å². The number of carbonyl (C=O) groups is 2. The summed E-state index contributed by atoms with van der Waals surface area (Å²) in [6.45, 7) is 1.49. The molecule has 0 unspecified atom stereocenters. The smallest absolute Gasteiger partial charge is 0.303 e. The SMILES string of the molecule is Cc1ccccc1S(=O)(=O)N(CCCC(=O)O)C(=O)c1c2ccccc2[n+](CCCS(=O)(=O)O)c2ccccc12. The Morgan fingerprint density at radius 1 is 0.825 bits per heavy atom. The molecule has 4 rings (SSSR count). The van der Waals surface area contributed by atoms with E-state index in [1.54, 1.807) is 73.7 Å². The van der Waals surface area contributed by atoms with Crippen LogP contribution >= 0.6 is 0 Å². The van der Waals surface area contributed by atoms with E-state index in [1.165, 1.54) is 6.07 Å². The number of sulfonamides is 1. The maximum atomic E-state index is 14.3. The van der Waals surface area contributed by atoms with Crippen LogP contribution in [0, 0.1) is 6.92 Å². The van der Waals surface area contributed by atoms with Gasteiger partial charge < -0.3 is 5.11 Å². The molecule has 3 aromatic carbocycles. The van der Waals surface area contributed by atoms with E-state index in [4.69, 9.17) is 0 Å². The zero-order valence-electron chi connectivity index (χ0n) is 21.7. The molecule has 0 aliphatic rings. The molecule has 0 aliphatic carbocycles. The van der Waals surface area contributed by atoms with Gasteiger partial charge in [0.05, 0.1) is 27.0 Å². The van der Waals surface area contributed by atoms with Crippen molar-refractivity contribution in [3.8, 4) is 0 Å². The average Bonchev–Trinajstić information content (AvgIpc) is 2.89. The van der Waals surface area contributed by atoms with Crippen LogP contribution in [0.25, 0.3) is 21.8 Å². The molecule has 0 atom stereocenters. The standard InChI is InChI=1S/C28H28N2O8S2/c1-20-10-2-7-15-25(20)40(37,38)30(18-8-16-26(31)32)28(33)27-21-11-3-5-13-23(21)29(17-9-19-39(34,35)36)24-14-6-4-12-22(24)27/h2-7,10-15H,8-9,16-19H2,1H3,(H-,31,32,34,35,36)/p+1. The lowest BCUT2D eigenvalue weighted by atomic mass is 10.0. The summed E-state index contributed by atoms with van der Waals surface area (Å²) in [5.74, 6) is -2.36. The number of aromatic nitrogens is 1. The van der Waals surface area contributed by atoms with Crippen LogP contribution in [0.1, 0.15) is 35.2 Å². The van der Waals surface area contributed by atoms with Crippen molar-refractivity contribution in [1.82, 2.24) is 4.31 Å². The molecule has 10 nitrogen and oxygen atoms in total. The zero-order valence-corrected chi connectivity index (χ0v) is 23.4. The van der Waals surface area contributed by atoms with Crippen LogP contribution in [-0.4, -0.2) is 55.0 Å². The lowest BCUT2D eigenvalue weighted by Crippen LogP contribution is -2.41. The van der Waals surface area contributed by atoms with Crippen LogP contribution in [0.15, 0.2) is 77.7 Å². The van der Waals surface area contributed by atoms with Gasteiger partial charge in [0.15, 0.2) is 6.54 Å². The highest BCUT2D eigenvalue weighted by atomic mass is 32.2. The Labute approximate surface area is 232 Å². The topological polar surface area (TPSA) is 150 Å². The summed E-state index contributed by atoms with van der Waals surface area (Å²) in [4.78, 5) is 25.5. The number of hydrogen-bond acceptors (Lipinski definition) is 6. The van der Waals surface area contributed by atoms with E-state index in [0.29, 0.717) is 27.4 Å². The first-order valence-corrected chi connectivity index (χ1v) is 15.6. The molecule has 1 aromatic heterocycles. The Balaban J connectivity index is 1.93. The van der Waals surface area contributed by atoms with Gasteiger partial charge in [0.1, 0.15) is 0 Å². The summed E-state index contributed by atoms with van der Waals surface area (Å²) in [6.07, 6.45) is -0.296. The zero-order chi connectivity index (χ0) is 29.1. The molecule has 0 radical (unpaired) electrons. The number of aliphatic carboxylic acids is 1. The van der Waals surface area contributed by atoms with E-state index in [9.17, 15) is 36.1 Å². The van der Waals surface area contributed by atoms with Crippen LogP contribution in [0.3, 0.4) is 0 Å². The van der Waals surface area contributed by atoms with Gasteiger partial charge in [-0.25, -0.2) is 12.7 Å². The highest BCUT2D eigenvalue weighted by molar-refractivity contribution is 7.89. The number of hydrogen-bond donors (Lipinski definition) is 2. The monoisotopic (exact) mass is 585 g/mol. The molecule has 0 saturated carbocycles. The lowest BCUT2D eigenvalue weighted by Gasteiger charge is -2.24. The number of amides is 1. The molecule has 4 aromatic rings. The van der Waals surface area contributed by atoms with Gasteiger partial charge in [-0.05, 0) is 37.1 Å². The molecular weight excluding hydrogens is 556 g/mol. The molecule has 1 amide bonds. The average molecular weight is 586 g/mol. The molecule has 0 spiro atoms. The van der Waals surface area contributed by atoms with Crippen molar-refractivity contribution in [2.24, 2.45) is 0 Å². The van der Waals surface area contributed by atoms with Gasteiger partial charge in [0, 0.05) is 31.5 Å². The van der Waals surface area contributed by atoms with Crippen molar-refractivity contribution >= 4 is 53.8 Å². The molecule has 12 heteroatoms. The maximum Gasteiger partial charge on any atom is 0.303 e. The highest BCUT2D eigenvalue weighted by Gasteiger charge is 2.34. The van der Waals surface area contributed by atoms with Gasteiger partial charge in [-0.1, -0.05) is 42.5 Å². The number of para-hydroxylation sites is 2. The Bertz CT molecular complexity index is 1760. The van der Waals surface area contributed by atoms with Gasteiger partial charge in [-0.15, -0.1) is 0 Å². The Morgan fingerprint density at radius 2 is 1.38 bits per heavy atom. The summed E-state index contributed by atoms with van der Waals surface area (Å²) in [5, 5.41) is 10.1. The minimum atomic E-state index is -4.37. The summed E-state index contributed by atoms with van der Waals surface area (Å²) in [5.41, 5.74) is 1.71. The van der Waals surface area contributed by atoms with E-state index < -0.39 is 37.8 Å². The summed E-state index contributed by atoms with van der Waals surface area (Å²) in [7, 11) is -8.54. The Hall–Kier alpha value is -3.87. The molecule has 210 valence electrons. The van der Waals surface area contributed by atoms with E-state index in [0.717, 1.165) is 4.31 Å². The number of pyridine rings is 1. The Morgan fingerprint density at radius 3 is 1.93 bits per heavy atom. The number of carboxylic acids is 1. The van der Waals surface area contributed by atoms with Crippen molar-refractivity contribution in [1.29, 1.82) is 0 Å². The molecule has 2 N–H and O–H groups in total. The normalized spacial score (nSPS) is 12.1. The van der Waals surface area contributed by atoms with Gasteiger partial charge in [0.2, 0.25) is 11.0 Å². The summed E-state index contributed by atoms with van der Waals surface area (Å²) in [6, 6.07) is 20.1. The van der Waals surface area contributed by atoms with E-state index in [2.05, 4.69) is 0 Å². The Kier molecular flexibility index (Phi) is 8.52. The third-order valence-corrected chi connectivity index (χ3v) is 9.31. The van der Waals surface area contributed by atoms with E-state index >= 15 is 0 Å². The largest absolute Gasteiger partial charge is 0.481 e. The second kappa shape index (κ2) is 11.7. The predicted molar refractivity (Wildman–Crippen MR) is 149 cm³/mol. The number of carbonyl (C=O) groups excluding carboxylic acids is 1. The minimum Gasteiger partial charge on any atom is -0.481 e. The second-order valence-electron chi connectivity index (χ2n) is 9.35. The van der Waals surface area contributed by atoms with Crippen molar-refractivity contribution < 1.29 is 40.7 Å². The molecule has 0 aliphatic heterocycles.